The summed E-state index contributed by atoms with van der Waals surface area (Å²) in [7, 11) is 0. The SMILES string of the molecule is O=C(O)C1(c2cc(F)c(F)cc2CO)CCCCC1. The number of benzene rings is 1. The van der Waals surface area contributed by atoms with Gasteiger partial charge in [0.05, 0.1) is 12.0 Å². The zero-order valence-corrected chi connectivity index (χ0v) is 10.5. The number of carboxylic acid groups (broad SMARTS) is 1. The topological polar surface area (TPSA) is 57.5 Å². The van der Waals surface area contributed by atoms with Crippen LogP contribution in [0.15, 0.2) is 12.1 Å². The van der Waals surface area contributed by atoms with Crippen LogP contribution < -0.4 is 0 Å². The van der Waals surface area contributed by atoms with Crippen molar-refractivity contribution in [2.45, 2.75) is 44.1 Å². The van der Waals surface area contributed by atoms with E-state index >= 15 is 0 Å². The van der Waals surface area contributed by atoms with E-state index in [-0.39, 0.29) is 11.1 Å². The van der Waals surface area contributed by atoms with Crippen molar-refractivity contribution in [2.75, 3.05) is 0 Å². The highest BCUT2D eigenvalue weighted by molar-refractivity contribution is 5.82. The number of rotatable bonds is 3. The van der Waals surface area contributed by atoms with Gasteiger partial charge in [-0.25, -0.2) is 8.78 Å². The first kappa shape index (κ1) is 13.9. The van der Waals surface area contributed by atoms with Gasteiger partial charge in [-0.05, 0) is 36.1 Å². The van der Waals surface area contributed by atoms with E-state index in [1.54, 1.807) is 0 Å². The van der Waals surface area contributed by atoms with E-state index in [0.717, 1.165) is 31.4 Å². The van der Waals surface area contributed by atoms with Crippen molar-refractivity contribution in [1.82, 2.24) is 0 Å². The van der Waals surface area contributed by atoms with Crippen LogP contribution in [0, 0.1) is 11.6 Å². The van der Waals surface area contributed by atoms with Crippen LogP contribution in [0.2, 0.25) is 0 Å². The van der Waals surface area contributed by atoms with E-state index < -0.39 is 29.6 Å². The fraction of sp³-hybridized carbons (Fsp3) is 0.500. The highest BCUT2D eigenvalue weighted by atomic mass is 19.2. The predicted molar refractivity (Wildman–Crippen MR) is 64.7 cm³/mol. The molecule has 2 N–H and O–H groups in total. The van der Waals surface area contributed by atoms with E-state index in [1.165, 1.54) is 0 Å². The molecule has 1 saturated carbocycles. The van der Waals surface area contributed by atoms with Crippen molar-refractivity contribution >= 4 is 5.97 Å². The molecular weight excluding hydrogens is 254 g/mol. The molecule has 19 heavy (non-hydrogen) atoms. The van der Waals surface area contributed by atoms with Gasteiger partial charge in [-0.1, -0.05) is 19.3 Å². The molecule has 5 heteroatoms. The molecule has 0 atom stereocenters. The van der Waals surface area contributed by atoms with Crippen molar-refractivity contribution in [1.29, 1.82) is 0 Å². The molecule has 0 bridgehead atoms. The monoisotopic (exact) mass is 270 g/mol. The molecule has 0 aliphatic heterocycles. The van der Waals surface area contributed by atoms with Crippen LogP contribution in [0.25, 0.3) is 0 Å². The van der Waals surface area contributed by atoms with Crippen LogP contribution in [0.1, 0.15) is 43.2 Å². The Morgan fingerprint density at radius 1 is 1.16 bits per heavy atom. The van der Waals surface area contributed by atoms with E-state index in [0.29, 0.717) is 12.8 Å². The van der Waals surface area contributed by atoms with Crippen molar-refractivity contribution in [3.8, 4) is 0 Å². The molecule has 0 spiro atoms. The average molecular weight is 270 g/mol. The lowest BCUT2D eigenvalue weighted by Gasteiger charge is -2.35. The lowest BCUT2D eigenvalue weighted by molar-refractivity contribution is -0.145. The molecule has 1 aromatic rings. The van der Waals surface area contributed by atoms with Crippen LogP contribution in [0.5, 0.6) is 0 Å². The Bertz CT molecular complexity index is 494. The van der Waals surface area contributed by atoms with Crippen molar-refractivity contribution in [3.05, 3.63) is 34.9 Å². The van der Waals surface area contributed by atoms with Gasteiger partial charge in [0.25, 0.3) is 0 Å². The summed E-state index contributed by atoms with van der Waals surface area (Å²) in [5, 5.41) is 18.8. The number of carboxylic acids is 1. The number of halogens is 2. The minimum absolute atomic E-state index is 0.156. The molecule has 104 valence electrons. The van der Waals surface area contributed by atoms with Crippen LogP contribution in [0.4, 0.5) is 8.78 Å². The quantitative estimate of drug-likeness (QED) is 0.888. The van der Waals surface area contributed by atoms with Gasteiger partial charge in [-0.3, -0.25) is 4.79 Å². The molecule has 1 fully saturated rings. The molecular formula is C14H16F2O3. The molecule has 3 nitrogen and oxygen atoms in total. The van der Waals surface area contributed by atoms with Crippen molar-refractivity contribution < 1.29 is 23.8 Å². The van der Waals surface area contributed by atoms with Crippen molar-refractivity contribution in [3.63, 3.8) is 0 Å². The molecule has 0 heterocycles. The van der Waals surface area contributed by atoms with E-state index in [2.05, 4.69) is 0 Å². The Hall–Kier alpha value is -1.49. The summed E-state index contributed by atoms with van der Waals surface area (Å²) in [6.07, 6.45) is 3.18. The minimum Gasteiger partial charge on any atom is -0.481 e. The van der Waals surface area contributed by atoms with Gasteiger partial charge in [0, 0.05) is 0 Å². The molecule has 0 amide bonds. The maximum atomic E-state index is 13.4. The predicted octanol–water partition coefficient (Wildman–Crippen LogP) is 2.74. The largest absolute Gasteiger partial charge is 0.481 e. The molecule has 0 radical (unpaired) electrons. The fourth-order valence-electron chi connectivity index (χ4n) is 2.92. The zero-order valence-electron chi connectivity index (χ0n) is 10.5. The third-order valence-corrected chi connectivity index (χ3v) is 3.95. The highest BCUT2D eigenvalue weighted by Gasteiger charge is 2.43. The number of aliphatic hydroxyl groups is 1. The normalized spacial score (nSPS) is 18.3. The maximum Gasteiger partial charge on any atom is 0.314 e. The van der Waals surface area contributed by atoms with Crippen LogP contribution in [-0.2, 0) is 16.8 Å². The Balaban J connectivity index is 2.59. The maximum absolute atomic E-state index is 13.4. The molecule has 1 aliphatic rings. The third-order valence-electron chi connectivity index (χ3n) is 3.95. The molecule has 0 saturated heterocycles. The Kier molecular flexibility index (Phi) is 3.85. The third kappa shape index (κ3) is 2.34. The van der Waals surface area contributed by atoms with Crippen LogP contribution in [0.3, 0.4) is 0 Å². The summed E-state index contributed by atoms with van der Waals surface area (Å²) in [5.74, 6) is -3.17. The molecule has 1 aliphatic carbocycles. The molecule has 1 aromatic carbocycles. The van der Waals surface area contributed by atoms with E-state index in [4.69, 9.17) is 0 Å². The zero-order chi connectivity index (χ0) is 14.0. The fourth-order valence-corrected chi connectivity index (χ4v) is 2.92. The summed E-state index contributed by atoms with van der Waals surface area (Å²) >= 11 is 0. The Morgan fingerprint density at radius 2 is 1.74 bits per heavy atom. The Labute approximate surface area is 109 Å². The van der Waals surface area contributed by atoms with E-state index in [9.17, 15) is 23.8 Å². The first-order chi connectivity index (χ1) is 9.01. The first-order valence-electron chi connectivity index (χ1n) is 6.34. The summed E-state index contributed by atoms with van der Waals surface area (Å²) < 4.78 is 26.6. The lowest BCUT2D eigenvalue weighted by Crippen LogP contribution is -2.39. The van der Waals surface area contributed by atoms with Gasteiger partial charge in [0.2, 0.25) is 0 Å². The number of aliphatic hydroxyl groups excluding tert-OH is 1. The highest BCUT2D eigenvalue weighted by Crippen LogP contribution is 2.41. The van der Waals surface area contributed by atoms with Crippen LogP contribution in [-0.4, -0.2) is 16.2 Å². The second kappa shape index (κ2) is 5.25. The van der Waals surface area contributed by atoms with E-state index in [1.807, 2.05) is 0 Å². The van der Waals surface area contributed by atoms with Gasteiger partial charge in [0.15, 0.2) is 11.6 Å². The summed E-state index contributed by atoms with van der Waals surface area (Å²) in [6, 6.07) is 1.82. The first-order valence-corrected chi connectivity index (χ1v) is 6.34. The van der Waals surface area contributed by atoms with Gasteiger partial charge in [-0.15, -0.1) is 0 Å². The number of hydrogen-bond donors (Lipinski definition) is 2. The summed E-state index contributed by atoms with van der Waals surface area (Å²) in [4.78, 5) is 11.6. The minimum atomic E-state index is -1.20. The second-order valence-electron chi connectivity index (χ2n) is 5.03. The lowest BCUT2D eigenvalue weighted by atomic mass is 9.68. The van der Waals surface area contributed by atoms with Gasteiger partial charge in [-0.2, -0.15) is 0 Å². The van der Waals surface area contributed by atoms with Gasteiger partial charge < -0.3 is 10.2 Å². The summed E-state index contributed by atoms with van der Waals surface area (Å²) in [6.45, 7) is -0.498. The number of hydrogen-bond acceptors (Lipinski definition) is 2. The molecule has 0 aromatic heterocycles. The Morgan fingerprint density at radius 3 is 2.26 bits per heavy atom. The van der Waals surface area contributed by atoms with Crippen LogP contribution >= 0.6 is 0 Å². The van der Waals surface area contributed by atoms with Gasteiger partial charge in [0.1, 0.15) is 0 Å². The average Bonchev–Trinajstić information content (AvgIpc) is 2.42. The standard InChI is InChI=1S/C14H16F2O3/c15-11-6-9(8-17)10(7-12(11)16)14(13(18)19)4-2-1-3-5-14/h6-7,17H,1-5,8H2,(H,18,19). The van der Waals surface area contributed by atoms with Gasteiger partial charge >= 0.3 is 5.97 Å². The number of aliphatic carboxylic acids is 1. The summed E-state index contributed by atoms with van der Waals surface area (Å²) in [5.41, 5.74) is -0.838. The smallest absolute Gasteiger partial charge is 0.314 e. The second-order valence-corrected chi connectivity index (χ2v) is 5.03. The number of carbonyl (C=O) groups is 1. The molecule has 2 rings (SSSR count). The van der Waals surface area contributed by atoms with Crippen molar-refractivity contribution in [2.24, 2.45) is 0 Å². The molecule has 0 unspecified atom stereocenters.